The van der Waals surface area contributed by atoms with Crippen LogP contribution in [0.25, 0.3) is 11.1 Å². The lowest BCUT2D eigenvalue weighted by molar-refractivity contribution is -0.130. The summed E-state index contributed by atoms with van der Waals surface area (Å²) in [6, 6.07) is 13.9. The molecule has 9 nitrogen and oxygen atoms in total. The topological polar surface area (TPSA) is 112 Å². The third-order valence-corrected chi connectivity index (χ3v) is 7.75. The van der Waals surface area contributed by atoms with Gasteiger partial charge in [0.15, 0.2) is 0 Å². The third-order valence-electron chi connectivity index (χ3n) is 6.51. The summed E-state index contributed by atoms with van der Waals surface area (Å²) in [5.41, 5.74) is 3.62. The minimum Gasteiger partial charge on any atom is -0.506 e. The number of anilines is 1. The molecule has 3 aromatic rings. The van der Waals surface area contributed by atoms with Gasteiger partial charge >= 0.3 is 6.18 Å². The molecule has 0 atom stereocenters. The first-order valence-corrected chi connectivity index (χ1v) is 14.7. The van der Waals surface area contributed by atoms with Gasteiger partial charge in [-0.15, -0.1) is 0 Å². The highest BCUT2D eigenvalue weighted by atomic mass is 32.2. The summed E-state index contributed by atoms with van der Waals surface area (Å²) in [7, 11) is -4.41. The average Bonchev–Trinajstić information content (AvgIpc) is 2.92. The molecule has 0 bridgehead atoms. The van der Waals surface area contributed by atoms with Crippen LogP contribution in [0.2, 0.25) is 0 Å². The molecule has 1 amide bonds. The normalized spacial score (nSPS) is 14.6. The number of halogens is 3. The predicted octanol–water partition coefficient (Wildman–Crippen LogP) is 4.19. The molecule has 0 unspecified atom stereocenters. The molecule has 0 aliphatic carbocycles. The zero-order valence-corrected chi connectivity index (χ0v) is 23.2. The fourth-order valence-electron chi connectivity index (χ4n) is 4.50. The van der Waals surface area contributed by atoms with Gasteiger partial charge in [-0.1, -0.05) is 0 Å². The van der Waals surface area contributed by atoms with E-state index in [0.29, 0.717) is 26.2 Å². The van der Waals surface area contributed by atoms with Crippen LogP contribution in [0.1, 0.15) is 29.3 Å². The van der Waals surface area contributed by atoms with Crippen molar-refractivity contribution in [3.8, 4) is 22.6 Å². The van der Waals surface area contributed by atoms with Crippen molar-refractivity contribution in [1.29, 1.82) is 0 Å². The maximum absolute atomic E-state index is 12.3. The van der Waals surface area contributed by atoms with Crippen molar-refractivity contribution in [1.82, 2.24) is 14.6 Å². The molecule has 1 fully saturated rings. The van der Waals surface area contributed by atoms with E-state index in [4.69, 9.17) is 4.74 Å². The highest BCUT2D eigenvalue weighted by Gasteiger charge is 2.30. The van der Waals surface area contributed by atoms with Crippen molar-refractivity contribution in [2.45, 2.75) is 26.1 Å². The van der Waals surface area contributed by atoms with E-state index in [1.54, 1.807) is 29.1 Å². The van der Waals surface area contributed by atoms with Gasteiger partial charge in [0.25, 0.3) is 5.91 Å². The number of aromatic hydroxyl groups is 1. The van der Waals surface area contributed by atoms with Crippen LogP contribution in [0, 0.1) is 0 Å². The van der Waals surface area contributed by atoms with Crippen LogP contribution in [0.15, 0.2) is 60.9 Å². The molecule has 13 heteroatoms. The van der Waals surface area contributed by atoms with Crippen LogP contribution < -0.4 is 14.4 Å². The number of amides is 1. The molecule has 1 aliphatic heterocycles. The van der Waals surface area contributed by atoms with Crippen LogP contribution >= 0.6 is 0 Å². The second-order valence-corrected chi connectivity index (χ2v) is 11.5. The summed E-state index contributed by atoms with van der Waals surface area (Å²) in [6.45, 7) is 6.09. The first kappa shape index (κ1) is 30.1. The standard InChI is InChI=1S/C28H31F3N4O5S/c1-2-40-26-14-20(13-22(16-26)23-15-25(36)18-32-17-23)19-34-8-10-35(11-9-34)24-5-3-21(4-6-24)27(37)33-41(38,39)12-7-28(29,30)31/h3-6,13-18,36H,2,7-12,19H2,1H3,(H,33,37). The second-order valence-electron chi connectivity index (χ2n) is 9.66. The minimum atomic E-state index is -4.63. The Balaban J connectivity index is 1.34. The van der Waals surface area contributed by atoms with Gasteiger partial charge < -0.3 is 14.7 Å². The molecule has 0 radical (unpaired) electrons. The molecule has 0 spiro atoms. The number of aromatic nitrogens is 1. The fraction of sp³-hybridized carbons (Fsp3) is 0.357. The molecule has 2 aromatic carbocycles. The maximum Gasteiger partial charge on any atom is 0.390 e. The second kappa shape index (κ2) is 12.8. The Labute approximate surface area is 236 Å². The molecule has 0 saturated carbocycles. The van der Waals surface area contributed by atoms with E-state index in [2.05, 4.69) is 20.9 Å². The molecule has 41 heavy (non-hydrogen) atoms. The van der Waals surface area contributed by atoms with E-state index < -0.39 is 34.3 Å². The quantitative estimate of drug-likeness (QED) is 0.361. The van der Waals surface area contributed by atoms with Gasteiger partial charge in [0.05, 0.1) is 25.0 Å². The molecule has 220 valence electrons. The van der Waals surface area contributed by atoms with Gasteiger partial charge in [-0.2, -0.15) is 13.2 Å². The van der Waals surface area contributed by atoms with Crippen LogP contribution in [-0.4, -0.2) is 74.0 Å². The SMILES string of the molecule is CCOc1cc(CN2CCN(c3ccc(C(=O)NS(=O)(=O)CCC(F)(F)F)cc3)CC2)cc(-c2cncc(O)c2)c1. The van der Waals surface area contributed by atoms with E-state index in [1.807, 2.05) is 19.1 Å². The largest absolute Gasteiger partial charge is 0.506 e. The summed E-state index contributed by atoms with van der Waals surface area (Å²) in [6.07, 6.45) is -3.10. The van der Waals surface area contributed by atoms with Gasteiger partial charge in [0, 0.05) is 55.7 Å². The third kappa shape index (κ3) is 8.82. The number of rotatable bonds is 10. The highest BCUT2D eigenvalue weighted by molar-refractivity contribution is 7.90. The maximum atomic E-state index is 12.3. The Morgan fingerprint density at radius 2 is 1.73 bits per heavy atom. The Hall–Kier alpha value is -3.84. The van der Waals surface area contributed by atoms with E-state index in [9.17, 15) is 31.5 Å². The van der Waals surface area contributed by atoms with Crippen LogP contribution in [-0.2, 0) is 16.6 Å². The number of alkyl halides is 3. The van der Waals surface area contributed by atoms with Gasteiger partial charge in [0.2, 0.25) is 10.0 Å². The zero-order chi connectivity index (χ0) is 29.6. The monoisotopic (exact) mass is 592 g/mol. The van der Waals surface area contributed by atoms with Crippen molar-refractivity contribution in [3.05, 3.63) is 72.1 Å². The average molecular weight is 593 g/mol. The lowest BCUT2D eigenvalue weighted by Gasteiger charge is -2.36. The zero-order valence-electron chi connectivity index (χ0n) is 22.4. The first-order valence-electron chi connectivity index (χ1n) is 13.0. The molecule has 4 rings (SSSR count). The molecule has 1 saturated heterocycles. The number of ether oxygens (including phenoxy) is 1. The van der Waals surface area contributed by atoms with Crippen molar-refractivity contribution >= 4 is 21.6 Å². The predicted molar refractivity (Wildman–Crippen MR) is 148 cm³/mol. The van der Waals surface area contributed by atoms with Gasteiger partial charge in [0.1, 0.15) is 11.5 Å². The number of sulfonamides is 1. The van der Waals surface area contributed by atoms with Crippen molar-refractivity contribution in [2.24, 2.45) is 0 Å². The summed E-state index contributed by atoms with van der Waals surface area (Å²) in [5.74, 6) is -1.37. The lowest BCUT2D eigenvalue weighted by Crippen LogP contribution is -2.46. The molecular formula is C28H31F3N4O5S. The number of nitrogens with one attached hydrogen (secondary N) is 1. The molecule has 1 aliphatic rings. The number of benzene rings is 2. The van der Waals surface area contributed by atoms with Crippen LogP contribution in [0.3, 0.4) is 0 Å². The highest BCUT2D eigenvalue weighted by Crippen LogP contribution is 2.29. The van der Waals surface area contributed by atoms with Gasteiger partial charge in [-0.3, -0.25) is 14.7 Å². The van der Waals surface area contributed by atoms with E-state index >= 15 is 0 Å². The number of hydrogen-bond acceptors (Lipinski definition) is 8. The number of nitrogens with zero attached hydrogens (tertiary/aromatic N) is 3. The number of carbonyl (C=O) groups excluding carboxylic acids is 1. The van der Waals surface area contributed by atoms with Crippen molar-refractivity contribution in [3.63, 3.8) is 0 Å². The van der Waals surface area contributed by atoms with Gasteiger partial charge in [-0.25, -0.2) is 13.1 Å². The van der Waals surface area contributed by atoms with E-state index in [-0.39, 0.29) is 11.3 Å². The molecule has 1 aromatic heterocycles. The van der Waals surface area contributed by atoms with Crippen molar-refractivity contribution < 1.29 is 36.2 Å². The molecule has 2 heterocycles. The van der Waals surface area contributed by atoms with Gasteiger partial charge in [-0.05, 0) is 66.6 Å². The number of pyridine rings is 1. The van der Waals surface area contributed by atoms with Crippen LogP contribution in [0.5, 0.6) is 11.5 Å². The summed E-state index contributed by atoms with van der Waals surface area (Å²) in [4.78, 5) is 20.8. The lowest BCUT2D eigenvalue weighted by atomic mass is 10.0. The summed E-state index contributed by atoms with van der Waals surface area (Å²) < 4.78 is 68.1. The van der Waals surface area contributed by atoms with Crippen LogP contribution in [0.4, 0.5) is 18.9 Å². The Morgan fingerprint density at radius 3 is 2.37 bits per heavy atom. The summed E-state index contributed by atoms with van der Waals surface area (Å²) in [5, 5.41) is 9.84. The Kier molecular flexibility index (Phi) is 9.38. The molecule has 2 N–H and O–H groups in total. The Morgan fingerprint density at radius 1 is 1.02 bits per heavy atom. The van der Waals surface area contributed by atoms with E-state index in [1.165, 1.54) is 18.3 Å². The summed E-state index contributed by atoms with van der Waals surface area (Å²) >= 11 is 0. The smallest absolute Gasteiger partial charge is 0.390 e. The Bertz CT molecular complexity index is 1460. The number of piperazine rings is 1. The minimum absolute atomic E-state index is 0.0369. The fourth-order valence-corrected chi connectivity index (χ4v) is 5.50. The van der Waals surface area contributed by atoms with Crippen molar-refractivity contribution in [2.75, 3.05) is 43.4 Å². The molecular weight excluding hydrogens is 561 g/mol. The number of hydrogen-bond donors (Lipinski definition) is 2. The number of carbonyl (C=O) groups is 1. The first-order chi connectivity index (χ1) is 19.4. The van der Waals surface area contributed by atoms with E-state index in [0.717, 1.165) is 41.2 Å².